The average Bonchev–Trinajstić information content (AvgIpc) is 3.21. The molecule has 1 amide bonds. The number of hydrogen-bond donors (Lipinski definition) is 2. The molecule has 4 aromatic carbocycles. The number of nitrogens with one attached hydrogen (secondary N) is 2. The third-order valence-electron chi connectivity index (χ3n) is 5.29. The van der Waals surface area contributed by atoms with Crippen molar-refractivity contribution in [2.75, 3.05) is 5.32 Å². The number of carbonyl (C=O) groups is 1. The zero-order valence-electron chi connectivity index (χ0n) is 17.5. The Bertz CT molecular complexity index is 1520. The molecule has 0 bridgehead atoms. The Balaban J connectivity index is 1.40. The lowest BCUT2D eigenvalue weighted by atomic mass is 10.1. The second-order valence-corrected chi connectivity index (χ2v) is 8.40. The number of rotatable bonds is 3. The summed E-state index contributed by atoms with van der Waals surface area (Å²) in [6.45, 7) is 1.95. The molecule has 0 saturated carbocycles. The van der Waals surface area contributed by atoms with Crippen LogP contribution >= 0.6 is 23.8 Å². The third-order valence-corrected chi connectivity index (χ3v) is 5.75. The minimum absolute atomic E-state index is 0.193. The highest BCUT2D eigenvalue weighted by atomic mass is 35.5. The van der Waals surface area contributed by atoms with Crippen molar-refractivity contribution in [1.29, 1.82) is 0 Å². The number of amides is 1. The Kier molecular flexibility index (Phi) is 5.50. The zero-order chi connectivity index (χ0) is 22.9. The Labute approximate surface area is 200 Å². The van der Waals surface area contributed by atoms with E-state index in [0.717, 1.165) is 33.2 Å². The largest absolute Gasteiger partial charge is 0.332 e. The minimum atomic E-state index is -0.315. The molecule has 162 valence electrons. The van der Waals surface area contributed by atoms with Crippen molar-refractivity contribution in [2.45, 2.75) is 6.92 Å². The zero-order valence-corrected chi connectivity index (χ0v) is 19.1. The molecule has 1 heterocycles. The van der Waals surface area contributed by atoms with E-state index in [0.29, 0.717) is 16.1 Å². The van der Waals surface area contributed by atoms with E-state index in [1.807, 2.05) is 43.3 Å². The van der Waals surface area contributed by atoms with E-state index in [4.69, 9.17) is 23.8 Å². The predicted molar refractivity (Wildman–Crippen MR) is 136 cm³/mol. The van der Waals surface area contributed by atoms with Gasteiger partial charge >= 0.3 is 0 Å². The summed E-state index contributed by atoms with van der Waals surface area (Å²) in [5.74, 6) is -0.315. The summed E-state index contributed by atoms with van der Waals surface area (Å²) in [7, 11) is 0. The topological polar surface area (TPSA) is 71.8 Å². The van der Waals surface area contributed by atoms with Crippen LogP contribution < -0.4 is 10.6 Å². The molecule has 0 radical (unpaired) electrons. The molecule has 0 fully saturated rings. The van der Waals surface area contributed by atoms with Crippen LogP contribution in [0.5, 0.6) is 0 Å². The SMILES string of the molecule is Cc1cc2nn(-c3cccc4ccccc34)nc2cc1NC(=S)NC(=O)c1ccc(Cl)cc1. The number of nitrogens with zero attached hydrogens (tertiary/aromatic N) is 3. The van der Waals surface area contributed by atoms with Crippen LogP contribution in [-0.4, -0.2) is 26.0 Å². The van der Waals surface area contributed by atoms with Crippen molar-refractivity contribution >= 4 is 62.3 Å². The van der Waals surface area contributed by atoms with Crippen LogP contribution in [-0.2, 0) is 0 Å². The summed E-state index contributed by atoms with van der Waals surface area (Å²) < 4.78 is 0. The van der Waals surface area contributed by atoms with Crippen molar-refractivity contribution in [3.05, 3.63) is 95.0 Å². The van der Waals surface area contributed by atoms with Gasteiger partial charge in [0.2, 0.25) is 0 Å². The van der Waals surface area contributed by atoms with E-state index < -0.39 is 0 Å². The molecule has 0 atom stereocenters. The molecule has 33 heavy (non-hydrogen) atoms. The molecule has 5 aromatic rings. The minimum Gasteiger partial charge on any atom is -0.332 e. The maximum atomic E-state index is 12.4. The van der Waals surface area contributed by atoms with Crippen molar-refractivity contribution in [1.82, 2.24) is 20.3 Å². The van der Waals surface area contributed by atoms with Crippen LogP contribution in [0.4, 0.5) is 5.69 Å². The lowest BCUT2D eigenvalue weighted by Gasteiger charge is -2.11. The molecule has 8 heteroatoms. The van der Waals surface area contributed by atoms with E-state index in [9.17, 15) is 4.79 Å². The number of aromatic nitrogens is 3. The number of aryl methyl sites for hydroxylation is 1. The molecule has 0 aliphatic heterocycles. The molecular formula is C25H18ClN5OS. The fourth-order valence-corrected chi connectivity index (χ4v) is 3.95. The standard InChI is InChI=1S/C25H18ClN5OS/c1-15-13-21-22(30-31(29-21)23-8-4-6-16-5-2-3-7-19(16)23)14-20(15)27-25(33)28-24(32)17-9-11-18(26)12-10-17/h2-14H,1H3,(H2,27,28,32,33). The maximum Gasteiger partial charge on any atom is 0.257 e. The quantitative estimate of drug-likeness (QED) is 0.332. The fraction of sp³-hybridized carbons (Fsp3) is 0.0400. The van der Waals surface area contributed by atoms with Gasteiger partial charge in [0, 0.05) is 21.7 Å². The van der Waals surface area contributed by atoms with Gasteiger partial charge in [-0.3, -0.25) is 10.1 Å². The molecule has 0 aliphatic carbocycles. The maximum absolute atomic E-state index is 12.4. The van der Waals surface area contributed by atoms with Crippen LogP contribution in [0.25, 0.3) is 27.5 Å². The van der Waals surface area contributed by atoms with E-state index in [2.05, 4.69) is 39.0 Å². The Morgan fingerprint density at radius 1 is 0.939 bits per heavy atom. The van der Waals surface area contributed by atoms with Gasteiger partial charge in [-0.05, 0) is 72.6 Å². The highest BCUT2D eigenvalue weighted by molar-refractivity contribution is 7.80. The monoisotopic (exact) mass is 471 g/mol. The summed E-state index contributed by atoms with van der Waals surface area (Å²) >= 11 is 11.2. The highest BCUT2D eigenvalue weighted by Crippen LogP contribution is 2.25. The smallest absolute Gasteiger partial charge is 0.257 e. The molecule has 5 rings (SSSR count). The molecule has 1 aromatic heterocycles. The summed E-state index contributed by atoms with van der Waals surface area (Å²) in [4.78, 5) is 14.1. The molecular weight excluding hydrogens is 454 g/mol. The van der Waals surface area contributed by atoms with Crippen LogP contribution in [0.3, 0.4) is 0 Å². The van der Waals surface area contributed by atoms with Crippen LogP contribution in [0.2, 0.25) is 5.02 Å². The highest BCUT2D eigenvalue weighted by Gasteiger charge is 2.13. The predicted octanol–water partition coefficient (Wildman–Crippen LogP) is 5.66. The summed E-state index contributed by atoms with van der Waals surface area (Å²) in [6.07, 6.45) is 0. The van der Waals surface area contributed by atoms with Gasteiger partial charge in [-0.25, -0.2) is 0 Å². The average molecular weight is 472 g/mol. The summed E-state index contributed by atoms with van der Waals surface area (Å²) in [5, 5.41) is 18.1. The first-order valence-electron chi connectivity index (χ1n) is 10.2. The van der Waals surface area contributed by atoms with Gasteiger partial charge in [0.15, 0.2) is 5.11 Å². The number of thiocarbonyl (C=S) groups is 1. The van der Waals surface area contributed by atoms with Gasteiger partial charge in [0.05, 0.1) is 5.69 Å². The van der Waals surface area contributed by atoms with Gasteiger partial charge in [0.25, 0.3) is 5.91 Å². The number of hydrogen-bond acceptors (Lipinski definition) is 4. The van der Waals surface area contributed by atoms with Crippen molar-refractivity contribution < 1.29 is 4.79 Å². The van der Waals surface area contributed by atoms with E-state index in [1.165, 1.54) is 0 Å². The molecule has 6 nitrogen and oxygen atoms in total. The molecule has 0 unspecified atom stereocenters. The molecule has 2 N–H and O–H groups in total. The van der Waals surface area contributed by atoms with Crippen LogP contribution in [0.15, 0.2) is 78.9 Å². The first-order valence-corrected chi connectivity index (χ1v) is 11.0. The first-order chi connectivity index (χ1) is 16.0. The van der Waals surface area contributed by atoms with Crippen molar-refractivity contribution in [3.63, 3.8) is 0 Å². The second kappa shape index (κ2) is 8.61. The van der Waals surface area contributed by atoms with Crippen molar-refractivity contribution in [3.8, 4) is 5.69 Å². The summed E-state index contributed by atoms with van der Waals surface area (Å²) in [6, 6.07) is 24.6. The second-order valence-electron chi connectivity index (χ2n) is 7.56. The Hall–Kier alpha value is -3.81. The Morgan fingerprint density at radius 3 is 2.42 bits per heavy atom. The number of carbonyl (C=O) groups excluding carboxylic acids is 1. The normalized spacial score (nSPS) is 11.0. The molecule has 0 saturated heterocycles. The van der Waals surface area contributed by atoms with E-state index in [1.54, 1.807) is 29.1 Å². The third kappa shape index (κ3) is 4.28. The Morgan fingerprint density at radius 2 is 1.64 bits per heavy atom. The van der Waals surface area contributed by atoms with Gasteiger partial charge in [-0.15, -0.1) is 15.0 Å². The number of fused-ring (bicyclic) bond motifs is 2. The van der Waals surface area contributed by atoms with Gasteiger partial charge in [0.1, 0.15) is 11.0 Å². The van der Waals surface area contributed by atoms with E-state index >= 15 is 0 Å². The number of anilines is 1. The fourth-order valence-electron chi connectivity index (χ4n) is 3.62. The van der Waals surface area contributed by atoms with Crippen LogP contribution in [0.1, 0.15) is 15.9 Å². The molecule has 0 spiro atoms. The summed E-state index contributed by atoms with van der Waals surface area (Å²) in [5.41, 5.74) is 4.52. The van der Waals surface area contributed by atoms with Gasteiger partial charge < -0.3 is 5.32 Å². The van der Waals surface area contributed by atoms with Gasteiger partial charge in [-0.2, -0.15) is 0 Å². The number of benzene rings is 4. The molecule has 0 aliphatic rings. The van der Waals surface area contributed by atoms with Crippen molar-refractivity contribution in [2.24, 2.45) is 0 Å². The lowest BCUT2D eigenvalue weighted by Crippen LogP contribution is -2.34. The van der Waals surface area contributed by atoms with E-state index in [-0.39, 0.29) is 11.0 Å². The van der Waals surface area contributed by atoms with Gasteiger partial charge in [-0.1, -0.05) is 48.0 Å². The lowest BCUT2D eigenvalue weighted by molar-refractivity contribution is 0.0977. The first kappa shape index (κ1) is 21.1. The number of halogens is 1. The van der Waals surface area contributed by atoms with Crippen LogP contribution in [0, 0.1) is 6.92 Å².